The molecular formula is C26H32F3N3O. The Hall–Kier alpha value is -2.38. The highest BCUT2D eigenvalue weighted by Gasteiger charge is 2.36. The van der Waals surface area contributed by atoms with Crippen molar-refractivity contribution in [2.45, 2.75) is 50.5 Å². The zero-order valence-electron chi connectivity index (χ0n) is 19.1. The Bertz CT molecular complexity index is 901. The van der Waals surface area contributed by atoms with Gasteiger partial charge in [-0.25, -0.2) is 0 Å². The van der Waals surface area contributed by atoms with Crippen molar-refractivity contribution in [1.29, 1.82) is 0 Å². The van der Waals surface area contributed by atoms with Crippen LogP contribution in [0.1, 0.15) is 47.2 Å². The van der Waals surface area contributed by atoms with Crippen LogP contribution in [0.15, 0.2) is 54.6 Å². The minimum atomic E-state index is -4.40. The maximum atomic E-state index is 13.6. The Balaban J connectivity index is 1.47. The predicted molar refractivity (Wildman–Crippen MR) is 123 cm³/mol. The summed E-state index contributed by atoms with van der Waals surface area (Å²) in [5.41, 5.74) is 0.900. The van der Waals surface area contributed by atoms with Gasteiger partial charge < -0.3 is 9.80 Å². The maximum Gasteiger partial charge on any atom is 0.416 e. The van der Waals surface area contributed by atoms with Crippen molar-refractivity contribution in [1.82, 2.24) is 14.7 Å². The lowest BCUT2D eigenvalue weighted by molar-refractivity contribution is -0.137. The summed E-state index contributed by atoms with van der Waals surface area (Å²) < 4.78 is 39.0. The van der Waals surface area contributed by atoms with Crippen molar-refractivity contribution < 1.29 is 18.0 Å². The Morgan fingerprint density at radius 1 is 0.879 bits per heavy atom. The van der Waals surface area contributed by atoms with Crippen LogP contribution >= 0.6 is 0 Å². The molecule has 2 aliphatic rings. The zero-order chi connectivity index (χ0) is 23.4. The maximum absolute atomic E-state index is 13.6. The summed E-state index contributed by atoms with van der Waals surface area (Å²) in [6.45, 7) is 4.56. The first-order chi connectivity index (χ1) is 15.8. The molecule has 2 saturated heterocycles. The Morgan fingerprint density at radius 2 is 1.42 bits per heavy atom. The average Bonchev–Trinajstić information content (AvgIpc) is 2.82. The lowest BCUT2D eigenvalue weighted by Gasteiger charge is -2.45. The quantitative estimate of drug-likeness (QED) is 0.636. The van der Waals surface area contributed by atoms with Gasteiger partial charge in [0.05, 0.1) is 5.56 Å². The molecule has 4 rings (SSSR count). The Morgan fingerprint density at radius 3 is 1.97 bits per heavy atom. The van der Waals surface area contributed by atoms with Gasteiger partial charge in [0.2, 0.25) is 0 Å². The Kier molecular flexibility index (Phi) is 7.39. The van der Waals surface area contributed by atoms with E-state index in [0.29, 0.717) is 5.56 Å². The van der Waals surface area contributed by atoms with Gasteiger partial charge in [0, 0.05) is 37.3 Å². The molecule has 0 radical (unpaired) electrons. The fourth-order valence-corrected chi connectivity index (χ4v) is 5.05. The SMILES string of the molecule is CN1CCC(N(C(=O)c2ccc(C(F)(F)F)cc2)C2CCN(Cc3ccccc3)CC2)CC1. The molecule has 178 valence electrons. The highest BCUT2D eigenvalue weighted by atomic mass is 19.4. The van der Waals surface area contributed by atoms with Gasteiger partial charge in [-0.15, -0.1) is 0 Å². The third-order valence-electron chi connectivity index (χ3n) is 6.97. The number of rotatable bonds is 5. The van der Waals surface area contributed by atoms with Crippen LogP contribution in [0.4, 0.5) is 13.2 Å². The van der Waals surface area contributed by atoms with E-state index in [1.54, 1.807) is 0 Å². The predicted octanol–water partition coefficient (Wildman–Crippen LogP) is 4.91. The van der Waals surface area contributed by atoms with Crippen LogP contribution in [0.2, 0.25) is 0 Å². The largest absolute Gasteiger partial charge is 0.416 e. The number of likely N-dealkylation sites (tertiary alicyclic amines) is 2. The second kappa shape index (κ2) is 10.3. The molecule has 2 aromatic rings. The molecule has 4 nitrogen and oxygen atoms in total. The van der Waals surface area contributed by atoms with Gasteiger partial charge >= 0.3 is 6.18 Å². The van der Waals surface area contributed by atoms with E-state index in [1.807, 2.05) is 23.1 Å². The number of alkyl halides is 3. The summed E-state index contributed by atoms with van der Waals surface area (Å²) in [4.78, 5) is 20.3. The van der Waals surface area contributed by atoms with Gasteiger partial charge in [-0.2, -0.15) is 13.2 Å². The van der Waals surface area contributed by atoms with Gasteiger partial charge in [0.15, 0.2) is 0 Å². The summed E-state index contributed by atoms with van der Waals surface area (Å²) in [5.74, 6) is -0.139. The molecule has 2 heterocycles. The number of hydrogen-bond acceptors (Lipinski definition) is 3. The molecule has 0 unspecified atom stereocenters. The van der Waals surface area contributed by atoms with Crippen LogP contribution < -0.4 is 0 Å². The summed E-state index contributed by atoms with van der Waals surface area (Å²) in [5, 5.41) is 0. The topological polar surface area (TPSA) is 26.8 Å². The Labute approximate surface area is 194 Å². The molecule has 33 heavy (non-hydrogen) atoms. The van der Waals surface area contributed by atoms with Crippen LogP contribution in [0.25, 0.3) is 0 Å². The van der Waals surface area contributed by atoms with Crippen molar-refractivity contribution in [3.8, 4) is 0 Å². The van der Waals surface area contributed by atoms with E-state index in [0.717, 1.165) is 70.5 Å². The molecule has 0 spiro atoms. The minimum Gasteiger partial charge on any atom is -0.332 e. The van der Waals surface area contributed by atoms with Crippen molar-refractivity contribution in [2.75, 3.05) is 33.2 Å². The molecule has 2 aliphatic heterocycles. The van der Waals surface area contributed by atoms with Gasteiger partial charge in [-0.05, 0) is 75.6 Å². The number of carbonyl (C=O) groups excluding carboxylic acids is 1. The number of nitrogens with zero attached hydrogens (tertiary/aromatic N) is 3. The van der Waals surface area contributed by atoms with E-state index in [-0.39, 0.29) is 18.0 Å². The third-order valence-corrected chi connectivity index (χ3v) is 6.97. The van der Waals surface area contributed by atoms with Crippen LogP contribution in [0.5, 0.6) is 0 Å². The number of carbonyl (C=O) groups is 1. The number of benzene rings is 2. The molecule has 0 aliphatic carbocycles. The molecule has 2 fully saturated rings. The number of halogens is 3. The van der Waals surface area contributed by atoms with Crippen molar-refractivity contribution >= 4 is 5.91 Å². The van der Waals surface area contributed by atoms with Crippen molar-refractivity contribution in [3.63, 3.8) is 0 Å². The molecule has 0 N–H and O–H groups in total. The fourth-order valence-electron chi connectivity index (χ4n) is 5.05. The van der Waals surface area contributed by atoms with E-state index in [2.05, 4.69) is 29.0 Å². The average molecular weight is 460 g/mol. The summed E-state index contributed by atoms with van der Waals surface area (Å²) >= 11 is 0. The van der Waals surface area contributed by atoms with Gasteiger partial charge in [0.1, 0.15) is 0 Å². The number of piperidine rings is 2. The second-order valence-corrected chi connectivity index (χ2v) is 9.31. The monoisotopic (exact) mass is 459 g/mol. The second-order valence-electron chi connectivity index (χ2n) is 9.31. The summed E-state index contributed by atoms with van der Waals surface area (Å²) in [6.07, 6.45) is -0.849. The van der Waals surface area contributed by atoms with Crippen molar-refractivity contribution in [2.24, 2.45) is 0 Å². The van der Waals surface area contributed by atoms with Gasteiger partial charge in [0.25, 0.3) is 5.91 Å². The van der Waals surface area contributed by atoms with E-state index >= 15 is 0 Å². The first kappa shape index (κ1) is 23.8. The van der Waals surface area contributed by atoms with Crippen LogP contribution in [-0.2, 0) is 12.7 Å². The minimum absolute atomic E-state index is 0.111. The van der Waals surface area contributed by atoms with Gasteiger partial charge in [-0.3, -0.25) is 9.69 Å². The molecule has 2 aromatic carbocycles. The number of amides is 1. The fraction of sp³-hybridized carbons (Fsp3) is 0.500. The lowest BCUT2D eigenvalue weighted by atomic mass is 9.95. The molecule has 0 aromatic heterocycles. The molecule has 0 saturated carbocycles. The standard InChI is InChI=1S/C26H32F3N3O/c1-30-15-11-23(12-16-30)32(25(33)21-7-9-22(10-8-21)26(27,28)29)24-13-17-31(18-14-24)19-20-5-3-2-4-6-20/h2-10,23-24H,11-19H2,1H3. The lowest BCUT2D eigenvalue weighted by Crippen LogP contribution is -2.54. The van der Waals surface area contributed by atoms with Crippen LogP contribution in [0.3, 0.4) is 0 Å². The number of hydrogen-bond donors (Lipinski definition) is 0. The highest BCUT2D eigenvalue weighted by Crippen LogP contribution is 2.31. The molecular weight excluding hydrogens is 427 g/mol. The molecule has 0 bridgehead atoms. The van der Waals surface area contributed by atoms with E-state index < -0.39 is 11.7 Å². The summed E-state index contributed by atoms with van der Waals surface area (Å²) in [6, 6.07) is 15.3. The van der Waals surface area contributed by atoms with E-state index in [9.17, 15) is 18.0 Å². The van der Waals surface area contributed by atoms with Gasteiger partial charge in [-0.1, -0.05) is 30.3 Å². The van der Waals surface area contributed by atoms with Crippen molar-refractivity contribution in [3.05, 3.63) is 71.3 Å². The molecule has 0 atom stereocenters. The highest BCUT2D eigenvalue weighted by molar-refractivity contribution is 5.94. The zero-order valence-corrected chi connectivity index (χ0v) is 19.1. The van der Waals surface area contributed by atoms with E-state index in [4.69, 9.17) is 0 Å². The smallest absolute Gasteiger partial charge is 0.332 e. The summed E-state index contributed by atoms with van der Waals surface area (Å²) in [7, 11) is 2.08. The van der Waals surface area contributed by atoms with E-state index in [1.165, 1.54) is 17.7 Å². The molecule has 7 heteroatoms. The van der Waals surface area contributed by atoms with Crippen LogP contribution in [0, 0.1) is 0 Å². The first-order valence-electron chi connectivity index (χ1n) is 11.8. The first-order valence-corrected chi connectivity index (χ1v) is 11.8. The molecule has 1 amide bonds. The third kappa shape index (κ3) is 5.95. The van der Waals surface area contributed by atoms with Crippen LogP contribution in [-0.4, -0.2) is 65.9 Å². The normalized spacial score (nSPS) is 19.5.